The number of aromatic nitrogens is 3. The molecule has 0 spiro atoms. The number of nitrogens with zero attached hydrogens (tertiary/aromatic N) is 2. The van der Waals surface area contributed by atoms with E-state index in [0.29, 0.717) is 11.4 Å². The quantitative estimate of drug-likeness (QED) is 0.732. The van der Waals surface area contributed by atoms with Crippen LogP contribution in [0.2, 0.25) is 0 Å². The van der Waals surface area contributed by atoms with Crippen LogP contribution in [0, 0.1) is 13.8 Å². The summed E-state index contributed by atoms with van der Waals surface area (Å²) in [6, 6.07) is 3.73. The standard InChI is InChI=1S/C10H11N3O/c1-7-3-4-9(11-5-7)13-10(14)8(2)6-12-13/h3-6,12H,1-2H3. The summed E-state index contributed by atoms with van der Waals surface area (Å²) in [5.41, 5.74) is 1.71. The number of nitrogens with one attached hydrogen (secondary N) is 1. The van der Waals surface area contributed by atoms with E-state index < -0.39 is 0 Å². The van der Waals surface area contributed by atoms with Crippen LogP contribution < -0.4 is 5.56 Å². The molecule has 0 bridgehead atoms. The summed E-state index contributed by atoms with van der Waals surface area (Å²) in [4.78, 5) is 15.7. The zero-order chi connectivity index (χ0) is 10.1. The van der Waals surface area contributed by atoms with E-state index in [4.69, 9.17) is 0 Å². The van der Waals surface area contributed by atoms with Crippen molar-refractivity contribution in [2.75, 3.05) is 0 Å². The molecule has 2 rings (SSSR count). The highest BCUT2D eigenvalue weighted by Gasteiger charge is 2.03. The van der Waals surface area contributed by atoms with Crippen molar-refractivity contribution in [2.45, 2.75) is 13.8 Å². The van der Waals surface area contributed by atoms with Crippen molar-refractivity contribution in [3.63, 3.8) is 0 Å². The first-order chi connectivity index (χ1) is 6.68. The molecule has 4 heteroatoms. The van der Waals surface area contributed by atoms with Gasteiger partial charge in [0.05, 0.1) is 0 Å². The number of hydrogen-bond acceptors (Lipinski definition) is 2. The highest BCUT2D eigenvalue weighted by atomic mass is 16.1. The molecular weight excluding hydrogens is 178 g/mol. The first kappa shape index (κ1) is 8.74. The molecule has 0 aliphatic carbocycles. The van der Waals surface area contributed by atoms with E-state index in [1.54, 1.807) is 19.3 Å². The smallest absolute Gasteiger partial charge is 0.275 e. The summed E-state index contributed by atoms with van der Waals surface area (Å²) in [5, 5.41) is 2.85. The van der Waals surface area contributed by atoms with Crippen LogP contribution in [-0.4, -0.2) is 14.8 Å². The van der Waals surface area contributed by atoms with Crippen molar-refractivity contribution >= 4 is 0 Å². The predicted octanol–water partition coefficient (Wildman–Crippen LogP) is 1.18. The Bertz CT molecular complexity index is 493. The Labute approximate surface area is 81.2 Å². The predicted molar refractivity (Wildman–Crippen MR) is 53.7 cm³/mol. The minimum atomic E-state index is -0.0543. The van der Waals surface area contributed by atoms with Gasteiger partial charge < -0.3 is 0 Å². The average Bonchev–Trinajstić information content (AvgIpc) is 2.50. The fourth-order valence-electron chi connectivity index (χ4n) is 1.22. The van der Waals surface area contributed by atoms with Crippen molar-refractivity contribution in [1.29, 1.82) is 0 Å². The van der Waals surface area contributed by atoms with Crippen molar-refractivity contribution in [3.8, 4) is 5.82 Å². The second kappa shape index (κ2) is 3.14. The highest BCUT2D eigenvalue weighted by Crippen LogP contribution is 2.01. The van der Waals surface area contributed by atoms with Crippen LogP contribution in [-0.2, 0) is 0 Å². The summed E-state index contributed by atoms with van der Waals surface area (Å²) in [7, 11) is 0. The van der Waals surface area contributed by atoms with E-state index in [-0.39, 0.29) is 5.56 Å². The summed E-state index contributed by atoms with van der Waals surface area (Å²) in [6.45, 7) is 3.73. The lowest BCUT2D eigenvalue weighted by atomic mass is 10.3. The maximum absolute atomic E-state index is 11.5. The van der Waals surface area contributed by atoms with E-state index in [9.17, 15) is 4.79 Å². The van der Waals surface area contributed by atoms with Crippen LogP contribution in [0.3, 0.4) is 0 Å². The lowest BCUT2D eigenvalue weighted by Gasteiger charge is -1.99. The summed E-state index contributed by atoms with van der Waals surface area (Å²) in [6.07, 6.45) is 3.40. The largest absolute Gasteiger partial charge is 0.297 e. The maximum atomic E-state index is 11.5. The van der Waals surface area contributed by atoms with Gasteiger partial charge >= 0.3 is 0 Å². The molecule has 0 saturated heterocycles. The van der Waals surface area contributed by atoms with Crippen LogP contribution in [0.1, 0.15) is 11.1 Å². The van der Waals surface area contributed by atoms with Gasteiger partial charge in [-0.05, 0) is 25.5 Å². The zero-order valence-electron chi connectivity index (χ0n) is 8.11. The lowest BCUT2D eigenvalue weighted by Crippen LogP contribution is -2.16. The molecule has 0 unspecified atom stereocenters. The molecule has 0 aliphatic rings. The van der Waals surface area contributed by atoms with E-state index in [2.05, 4.69) is 10.1 Å². The van der Waals surface area contributed by atoms with Crippen LogP contribution in [0.5, 0.6) is 0 Å². The molecule has 2 heterocycles. The molecule has 0 fully saturated rings. The van der Waals surface area contributed by atoms with Gasteiger partial charge in [0.1, 0.15) is 0 Å². The van der Waals surface area contributed by atoms with Crippen molar-refractivity contribution in [3.05, 3.63) is 46.0 Å². The Kier molecular flexibility index (Phi) is 1.96. The molecule has 0 atom stereocenters. The zero-order valence-corrected chi connectivity index (χ0v) is 8.11. The van der Waals surface area contributed by atoms with E-state index in [1.165, 1.54) is 4.68 Å². The van der Waals surface area contributed by atoms with Crippen LogP contribution in [0.15, 0.2) is 29.3 Å². The molecule has 0 aromatic carbocycles. The number of rotatable bonds is 1. The van der Waals surface area contributed by atoms with Crippen molar-refractivity contribution < 1.29 is 0 Å². The first-order valence-corrected chi connectivity index (χ1v) is 4.38. The van der Waals surface area contributed by atoms with Crippen molar-refractivity contribution in [1.82, 2.24) is 14.8 Å². The SMILES string of the molecule is Cc1ccc(-n2[nH]cc(C)c2=O)nc1. The van der Waals surface area contributed by atoms with Gasteiger partial charge in [-0.1, -0.05) is 6.07 Å². The van der Waals surface area contributed by atoms with E-state index in [1.807, 2.05) is 19.1 Å². The number of aryl methyl sites for hydroxylation is 2. The number of hydrogen-bond donors (Lipinski definition) is 1. The van der Waals surface area contributed by atoms with Gasteiger partial charge in [-0.15, -0.1) is 0 Å². The van der Waals surface area contributed by atoms with E-state index >= 15 is 0 Å². The Balaban J connectivity index is 2.55. The van der Waals surface area contributed by atoms with Crippen LogP contribution in [0.4, 0.5) is 0 Å². The molecule has 0 amide bonds. The molecule has 4 nitrogen and oxygen atoms in total. The molecule has 72 valence electrons. The second-order valence-electron chi connectivity index (χ2n) is 3.29. The highest BCUT2D eigenvalue weighted by molar-refractivity contribution is 5.24. The van der Waals surface area contributed by atoms with Gasteiger partial charge in [0.2, 0.25) is 0 Å². The topological polar surface area (TPSA) is 50.7 Å². The second-order valence-corrected chi connectivity index (χ2v) is 3.29. The minimum Gasteiger partial charge on any atom is -0.297 e. The summed E-state index contributed by atoms with van der Waals surface area (Å²) >= 11 is 0. The van der Waals surface area contributed by atoms with Crippen LogP contribution >= 0.6 is 0 Å². The summed E-state index contributed by atoms with van der Waals surface area (Å²) in [5.74, 6) is 0.619. The normalized spacial score (nSPS) is 10.4. The molecule has 2 aromatic heterocycles. The molecule has 0 saturated carbocycles. The average molecular weight is 189 g/mol. The molecule has 1 N–H and O–H groups in total. The Morgan fingerprint density at radius 3 is 2.64 bits per heavy atom. The van der Waals surface area contributed by atoms with Gasteiger partial charge in [0.25, 0.3) is 5.56 Å². The minimum absolute atomic E-state index is 0.0543. The van der Waals surface area contributed by atoms with Crippen molar-refractivity contribution in [2.24, 2.45) is 0 Å². The van der Waals surface area contributed by atoms with Gasteiger partial charge in [-0.3, -0.25) is 9.89 Å². The maximum Gasteiger partial charge on any atom is 0.275 e. The van der Waals surface area contributed by atoms with Gasteiger partial charge in [-0.25, -0.2) is 9.67 Å². The number of aromatic amines is 1. The monoisotopic (exact) mass is 189 g/mol. The fourth-order valence-corrected chi connectivity index (χ4v) is 1.22. The number of pyridine rings is 1. The Morgan fingerprint density at radius 1 is 1.36 bits per heavy atom. The van der Waals surface area contributed by atoms with Gasteiger partial charge in [-0.2, -0.15) is 0 Å². The number of H-pyrrole nitrogens is 1. The van der Waals surface area contributed by atoms with E-state index in [0.717, 1.165) is 5.56 Å². The first-order valence-electron chi connectivity index (χ1n) is 4.38. The third kappa shape index (κ3) is 1.35. The Hall–Kier alpha value is -1.84. The molecule has 14 heavy (non-hydrogen) atoms. The summed E-state index contributed by atoms with van der Waals surface area (Å²) < 4.78 is 1.43. The molecule has 0 radical (unpaired) electrons. The fraction of sp³-hybridized carbons (Fsp3) is 0.200. The molecule has 0 aliphatic heterocycles. The van der Waals surface area contributed by atoms with Crippen LogP contribution in [0.25, 0.3) is 5.82 Å². The Morgan fingerprint density at radius 2 is 2.14 bits per heavy atom. The molecular formula is C10H11N3O. The third-order valence-corrected chi connectivity index (χ3v) is 2.08. The van der Waals surface area contributed by atoms with Gasteiger partial charge in [0.15, 0.2) is 5.82 Å². The van der Waals surface area contributed by atoms with Gasteiger partial charge in [0, 0.05) is 18.0 Å². The third-order valence-electron chi connectivity index (χ3n) is 2.08. The lowest BCUT2D eigenvalue weighted by molar-refractivity contribution is 0.816. The molecule has 2 aromatic rings.